The van der Waals surface area contributed by atoms with E-state index < -0.39 is 18.1 Å². The van der Waals surface area contributed by atoms with E-state index >= 15 is 0 Å². The maximum Gasteiger partial charge on any atom is 0.243 e. The summed E-state index contributed by atoms with van der Waals surface area (Å²) >= 11 is 0. The van der Waals surface area contributed by atoms with E-state index in [1.165, 1.54) is 6.92 Å². The van der Waals surface area contributed by atoms with Crippen LogP contribution in [0.15, 0.2) is 42.5 Å². The third-order valence-electron chi connectivity index (χ3n) is 3.32. The summed E-state index contributed by atoms with van der Waals surface area (Å²) in [4.78, 5) is 11.2. The average molecular weight is 247 g/mol. The van der Waals surface area contributed by atoms with Crippen molar-refractivity contribution in [3.05, 3.63) is 48.0 Å². The van der Waals surface area contributed by atoms with E-state index in [0.29, 0.717) is 6.42 Å². The van der Waals surface area contributed by atoms with Gasteiger partial charge in [-0.2, -0.15) is 0 Å². The normalized spacial score (nSPS) is 23.9. The van der Waals surface area contributed by atoms with Crippen LogP contribution in [0.25, 0.3) is 0 Å². The van der Waals surface area contributed by atoms with E-state index in [-0.39, 0.29) is 5.92 Å². The average Bonchev–Trinajstić information content (AvgIpc) is 2.87. The molecule has 0 saturated heterocycles. The molecule has 4 nitrogen and oxygen atoms in total. The Morgan fingerprint density at radius 1 is 1.39 bits per heavy atom. The number of hydroxylamine groups is 2. The highest BCUT2D eigenvalue weighted by atomic mass is 16.5. The van der Waals surface area contributed by atoms with Crippen LogP contribution in [0.1, 0.15) is 25.0 Å². The van der Waals surface area contributed by atoms with Crippen LogP contribution in [0, 0.1) is 5.92 Å². The van der Waals surface area contributed by atoms with Crippen molar-refractivity contribution in [3.63, 3.8) is 0 Å². The van der Waals surface area contributed by atoms with Crippen molar-refractivity contribution in [2.45, 2.75) is 25.5 Å². The molecule has 1 aliphatic rings. The van der Waals surface area contributed by atoms with Gasteiger partial charge < -0.3 is 5.11 Å². The number of aliphatic hydroxyl groups is 1. The lowest BCUT2D eigenvalue weighted by Crippen LogP contribution is -2.40. The zero-order chi connectivity index (χ0) is 13.1. The summed E-state index contributed by atoms with van der Waals surface area (Å²) in [6.07, 6.45) is 3.58. The molecule has 0 bridgehead atoms. The van der Waals surface area contributed by atoms with Crippen LogP contribution in [0.2, 0.25) is 0 Å². The SMILES string of the molecule is CC(=O)N(O)[C@@H]1CC=CC1C(O)c1ccccc1. The molecular weight excluding hydrogens is 230 g/mol. The minimum Gasteiger partial charge on any atom is -0.388 e. The number of carbonyl (C=O) groups excluding carboxylic acids is 1. The topological polar surface area (TPSA) is 60.8 Å². The van der Waals surface area contributed by atoms with Crippen molar-refractivity contribution in [3.8, 4) is 0 Å². The minimum atomic E-state index is -0.719. The summed E-state index contributed by atoms with van der Waals surface area (Å²) in [5, 5.41) is 20.8. The van der Waals surface area contributed by atoms with Gasteiger partial charge in [0.05, 0.1) is 12.1 Å². The fraction of sp³-hybridized carbons (Fsp3) is 0.357. The van der Waals surface area contributed by atoms with Crippen LogP contribution in [0.3, 0.4) is 0 Å². The zero-order valence-electron chi connectivity index (χ0n) is 10.2. The lowest BCUT2D eigenvalue weighted by molar-refractivity contribution is -0.178. The number of aliphatic hydroxyl groups excluding tert-OH is 1. The van der Waals surface area contributed by atoms with E-state index in [2.05, 4.69) is 0 Å². The number of rotatable bonds is 3. The third kappa shape index (κ3) is 2.44. The van der Waals surface area contributed by atoms with Crippen LogP contribution >= 0.6 is 0 Å². The second kappa shape index (κ2) is 5.33. The predicted molar refractivity (Wildman–Crippen MR) is 66.7 cm³/mol. The smallest absolute Gasteiger partial charge is 0.243 e. The Hall–Kier alpha value is -1.65. The monoisotopic (exact) mass is 247 g/mol. The Morgan fingerprint density at radius 2 is 2.06 bits per heavy atom. The highest BCUT2D eigenvalue weighted by molar-refractivity contribution is 5.72. The number of carbonyl (C=O) groups is 1. The zero-order valence-corrected chi connectivity index (χ0v) is 10.2. The van der Waals surface area contributed by atoms with E-state index in [9.17, 15) is 15.1 Å². The molecule has 0 aliphatic heterocycles. The molecule has 0 aromatic heterocycles. The fourth-order valence-corrected chi connectivity index (χ4v) is 2.35. The van der Waals surface area contributed by atoms with Crippen LogP contribution in [0.5, 0.6) is 0 Å². The maximum absolute atomic E-state index is 11.2. The standard InChI is InChI=1S/C14H17NO3/c1-10(16)15(18)13-9-5-8-12(13)14(17)11-6-3-2-4-7-11/h2-8,12-14,17-18H,9H2,1H3/t12?,13-,14?/m1/s1. The molecule has 0 radical (unpaired) electrons. The van der Waals surface area contributed by atoms with Gasteiger partial charge in [0.25, 0.3) is 0 Å². The molecule has 0 spiro atoms. The summed E-state index contributed by atoms with van der Waals surface area (Å²) in [6, 6.07) is 8.87. The van der Waals surface area contributed by atoms with Gasteiger partial charge in [-0.25, -0.2) is 5.06 Å². The molecule has 1 aromatic rings. The van der Waals surface area contributed by atoms with Crippen LogP contribution in [-0.2, 0) is 4.79 Å². The quantitative estimate of drug-likeness (QED) is 0.487. The maximum atomic E-state index is 11.2. The minimum absolute atomic E-state index is 0.277. The lowest BCUT2D eigenvalue weighted by Gasteiger charge is -2.29. The Kier molecular flexibility index (Phi) is 3.79. The molecule has 3 atom stereocenters. The van der Waals surface area contributed by atoms with Crippen molar-refractivity contribution < 1.29 is 15.1 Å². The van der Waals surface area contributed by atoms with Crippen molar-refractivity contribution in [2.75, 3.05) is 0 Å². The van der Waals surface area contributed by atoms with Crippen LogP contribution in [-0.4, -0.2) is 27.3 Å². The predicted octanol–water partition coefficient (Wildman–Crippen LogP) is 1.90. The molecule has 2 N–H and O–H groups in total. The van der Waals surface area contributed by atoms with Gasteiger partial charge in [0, 0.05) is 12.8 Å². The van der Waals surface area contributed by atoms with Gasteiger partial charge in [0.1, 0.15) is 0 Å². The van der Waals surface area contributed by atoms with Crippen LogP contribution in [0.4, 0.5) is 0 Å². The van der Waals surface area contributed by atoms with Gasteiger partial charge in [0.2, 0.25) is 5.91 Å². The molecule has 18 heavy (non-hydrogen) atoms. The second-order valence-electron chi connectivity index (χ2n) is 4.53. The number of hydrogen-bond acceptors (Lipinski definition) is 3. The van der Waals surface area contributed by atoms with Gasteiger partial charge in [-0.3, -0.25) is 10.0 Å². The molecule has 0 fully saturated rings. The summed E-state index contributed by atoms with van der Waals surface area (Å²) < 4.78 is 0. The molecule has 2 unspecified atom stereocenters. The third-order valence-corrected chi connectivity index (χ3v) is 3.32. The Morgan fingerprint density at radius 3 is 2.67 bits per heavy atom. The van der Waals surface area contributed by atoms with Gasteiger partial charge in [-0.05, 0) is 12.0 Å². The summed E-state index contributed by atoms with van der Waals surface area (Å²) in [7, 11) is 0. The molecular formula is C14H17NO3. The van der Waals surface area contributed by atoms with Crippen LogP contribution < -0.4 is 0 Å². The van der Waals surface area contributed by atoms with Crippen molar-refractivity contribution in [1.29, 1.82) is 0 Å². The molecule has 0 saturated carbocycles. The van der Waals surface area contributed by atoms with Gasteiger partial charge >= 0.3 is 0 Å². The first-order valence-corrected chi connectivity index (χ1v) is 5.99. The summed E-state index contributed by atoms with van der Waals surface area (Å²) in [6.45, 7) is 1.31. The van der Waals surface area contributed by atoms with Gasteiger partial charge in [-0.15, -0.1) is 0 Å². The molecule has 96 valence electrons. The lowest BCUT2D eigenvalue weighted by atomic mass is 9.91. The molecule has 1 aromatic carbocycles. The molecule has 1 aliphatic carbocycles. The second-order valence-corrected chi connectivity index (χ2v) is 4.53. The van der Waals surface area contributed by atoms with Crippen molar-refractivity contribution in [1.82, 2.24) is 5.06 Å². The van der Waals surface area contributed by atoms with E-state index in [1.807, 2.05) is 42.5 Å². The molecule has 2 rings (SSSR count). The highest BCUT2D eigenvalue weighted by Crippen LogP contribution is 2.33. The number of benzene rings is 1. The Labute approximate surface area is 106 Å². The molecule has 4 heteroatoms. The number of hydrogen-bond donors (Lipinski definition) is 2. The Bertz CT molecular complexity index is 444. The highest BCUT2D eigenvalue weighted by Gasteiger charge is 2.34. The number of amides is 1. The van der Waals surface area contributed by atoms with Crippen molar-refractivity contribution >= 4 is 5.91 Å². The van der Waals surface area contributed by atoms with E-state index in [0.717, 1.165) is 10.6 Å². The van der Waals surface area contributed by atoms with E-state index in [1.54, 1.807) is 0 Å². The Balaban J connectivity index is 2.17. The van der Waals surface area contributed by atoms with Gasteiger partial charge in [0.15, 0.2) is 0 Å². The summed E-state index contributed by atoms with van der Waals surface area (Å²) in [5.74, 6) is -0.685. The summed E-state index contributed by atoms with van der Waals surface area (Å²) in [5.41, 5.74) is 0.788. The van der Waals surface area contributed by atoms with E-state index in [4.69, 9.17) is 0 Å². The largest absolute Gasteiger partial charge is 0.388 e. The fourth-order valence-electron chi connectivity index (χ4n) is 2.35. The van der Waals surface area contributed by atoms with Crippen molar-refractivity contribution in [2.24, 2.45) is 5.92 Å². The first kappa shape index (κ1) is 12.8. The first-order valence-electron chi connectivity index (χ1n) is 5.99. The number of nitrogens with zero attached hydrogens (tertiary/aromatic N) is 1. The molecule has 1 amide bonds. The molecule has 0 heterocycles. The van der Waals surface area contributed by atoms with Gasteiger partial charge in [-0.1, -0.05) is 42.5 Å². The first-order chi connectivity index (χ1) is 8.61.